The third-order valence-electron chi connectivity index (χ3n) is 3.35. The van der Waals surface area contributed by atoms with Crippen LogP contribution in [0.4, 0.5) is 13.2 Å². The number of rotatable bonds is 3. The zero-order valence-electron chi connectivity index (χ0n) is 11.1. The first kappa shape index (κ1) is 14.8. The average Bonchev–Trinajstić information content (AvgIpc) is 2.40. The van der Waals surface area contributed by atoms with Gasteiger partial charge < -0.3 is 9.64 Å². The minimum absolute atomic E-state index is 0.0179. The van der Waals surface area contributed by atoms with Crippen molar-refractivity contribution in [3.63, 3.8) is 0 Å². The zero-order valence-corrected chi connectivity index (χ0v) is 11.1. The molecular formula is C14H16F3NO2. The number of ketones is 1. The van der Waals surface area contributed by atoms with E-state index in [2.05, 4.69) is 4.90 Å². The largest absolute Gasteiger partial charge is 0.490 e. The Bertz CT molecular complexity index is 480. The van der Waals surface area contributed by atoms with E-state index in [0.29, 0.717) is 0 Å². The summed E-state index contributed by atoms with van der Waals surface area (Å²) in [6.45, 7) is 1.67. The molecule has 0 bridgehead atoms. The van der Waals surface area contributed by atoms with Gasteiger partial charge in [0.15, 0.2) is 0 Å². The van der Waals surface area contributed by atoms with Gasteiger partial charge in [0.05, 0.1) is 5.56 Å². The number of halogens is 3. The van der Waals surface area contributed by atoms with Gasteiger partial charge in [-0.2, -0.15) is 13.2 Å². The van der Waals surface area contributed by atoms with Crippen molar-refractivity contribution in [1.82, 2.24) is 4.90 Å². The van der Waals surface area contributed by atoms with E-state index in [-0.39, 0.29) is 11.9 Å². The van der Waals surface area contributed by atoms with Gasteiger partial charge in [0, 0.05) is 13.1 Å². The summed E-state index contributed by atoms with van der Waals surface area (Å²) in [5.74, 6) is -1.84. The minimum atomic E-state index is -4.88. The highest BCUT2D eigenvalue weighted by Gasteiger charge is 2.41. The van der Waals surface area contributed by atoms with Gasteiger partial charge in [0.1, 0.15) is 11.9 Å². The van der Waals surface area contributed by atoms with Crippen LogP contribution in [0.3, 0.4) is 0 Å². The quantitative estimate of drug-likeness (QED) is 0.801. The highest BCUT2D eigenvalue weighted by Crippen LogP contribution is 2.29. The van der Waals surface area contributed by atoms with E-state index < -0.39 is 17.5 Å². The fraction of sp³-hybridized carbons (Fsp3) is 0.500. The third-order valence-corrected chi connectivity index (χ3v) is 3.35. The molecule has 0 radical (unpaired) electrons. The summed E-state index contributed by atoms with van der Waals surface area (Å²) in [6, 6.07) is 5.54. The van der Waals surface area contributed by atoms with Gasteiger partial charge >= 0.3 is 6.18 Å². The number of benzene rings is 1. The van der Waals surface area contributed by atoms with Crippen LogP contribution in [-0.2, 0) is 0 Å². The van der Waals surface area contributed by atoms with Gasteiger partial charge in [-0.25, -0.2) is 0 Å². The smallest absolute Gasteiger partial charge is 0.455 e. The predicted molar refractivity (Wildman–Crippen MR) is 68.0 cm³/mol. The maximum atomic E-state index is 12.5. The summed E-state index contributed by atoms with van der Waals surface area (Å²) in [6.07, 6.45) is -3.55. The van der Waals surface area contributed by atoms with Crippen LogP contribution in [0.2, 0.25) is 0 Å². The van der Waals surface area contributed by atoms with E-state index in [0.717, 1.165) is 32.0 Å². The Labute approximate surface area is 115 Å². The molecule has 2 rings (SSSR count). The molecule has 0 atom stereocenters. The molecule has 0 aliphatic carbocycles. The zero-order chi connectivity index (χ0) is 14.8. The molecule has 1 heterocycles. The Hall–Kier alpha value is -1.56. The molecule has 0 N–H and O–H groups in total. The van der Waals surface area contributed by atoms with E-state index in [1.165, 1.54) is 12.1 Å². The lowest BCUT2D eigenvalue weighted by atomic mass is 10.1. The van der Waals surface area contributed by atoms with Gasteiger partial charge in [-0.3, -0.25) is 4.79 Å². The van der Waals surface area contributed by atoms with Crippen LogP contribution >= 0.6 is 0 Å². The first-order chi connectivity index (χ1) is 9.38. The number of carbonyl (C=O) groups is 1. The summed E-state index contributed by atoms with van der Waals surface area (Å²) >= 11 is 0. The Balaban J connectivity index is 2.14. The lowest BCUT2D eigenvalue weighted by molar-refractivity contribution is -0.0887. The standard InChI is InChI=1S/C14H16F3NO2/c1-18-8-6-10(7-9-18)20-12-5-3-2-4-11(12)13(19)14(15,16)17/h2-5,10H,6-9H2,1H3. The maximum Gasteiger partial charge on any atom is 0.455 e. The molecule has 0 saturated carbocycles. The van der Waals surface area contributed by atoms with E-state index in [4.69, 9.17) is 4.74 Å². The third kappa shape index (κ3) is 3.50. The first-order valence-electron chi connectivity index (χ1n) is 6.43. The van der Waals surface area contributed by atoms with Crippen LogP contribution in [0.25, 0.3) is 0 Å². The lowest BCUT2D eigenvalue weighted by Gasteiger charge is -2.29. The molecule has 1 aromatic rings. The summed E-state index contributed by atoms with van der Waals surface area (Å²) in [7, 11) is 1.98. The molecule has 0 unspecified atom stereocenters. The molecule has 20 heavy (non-hydrogen) atoms. The van der Waals surface area contributed by atoms with Crippen molar-refractivity contribution in [2.45, 2.75) is 25.1 Å². The number of alkyl halides is 3. The van der Waals surface area contributed by atoms with Crippen molar-refractivity contribution in [1.29, 1.82) is 0 Å². The molecule has 6 heteroatoms. The fourth-order valence-corrected chi connectivity index (χ4v) is 2.19. The normalized spacial score (nSPS) is 18.0. The molecule has 3 nitrogen and oxygen atoms in total. The number of Topliss-reactive ketones (excluding diaryl/α,β-unsaturated/α-hetero) is 1. The van der Waals surface area contributed by atoms with Gasteiger partial charge in [-0.1, -0.05) is 12.1 Å². The van der Waals surface area contributed by atoms with Crippen molar-refractivity contribution in [2.75, 3.05) is 20.1 Å². The van der Waals surface area contributed by atoms with E-state index in [1.54, 1.807) is 6.07 Å². The predicted octanol–water partition coefficient (Wildman–Crippen LogP) is 2.90. The molecule has 0 aromatic heterocycles. The maximum absolute atomic E-state index is 12.5. The van der Waals surface area contributed by atoms with Crippen LogP contribution in [0.5, 0.6) is 5.75 Å². The molecule has 1 aliphatic rings. The second-order valence-corrected chi connectivity index (χ2v) is 4.94. The number of nitrogens with zero attached hydrogens (tertiary/aromatic N) is 1. The number of hydrogen-bond donors (Lipinski definition) is 0. The SMILES string of the molecule is CN1CCC(Oc2ccccc2C(=O)C(F)(F)F)CC1. The molecule has 0 amide bonds. The van der Waals surface area contributed by atoms with Gasteiger partial charge in [-0.05, 0) is 32.0 Å². The monoisotopic (exact) mass is 287 g/mol. The van der Waals surface area contributed by atoms with Gasteiger partial charge in [0.2, 0.25) is 0 Å². The Morgan fingerprint density at radius 3 is 2.45 bits per heavy atom. The Morgan fingerprint density at radius 1 is 1.25 bits per heavy atom. The molecule has 110 valence electrons. The average molecular weight is 287 g/mol. The number of ether oxygens (including phenoxy) is 1. The second kappa shape index (κ2) is 5.83. The molecule has 1 aromatic carbocycles. The van der Waals surface area contributed by atoms with Crippen molar-refractivity contribution < 1.29 is 22.7 Å². The first-order valence-corrected chi connectivity index (χ1v) is 6.43. The number of carbonyl (C=O) groups excluding carboxylic acids is 1. The number of likely N-dealkylation sites (tertiary alicyclic amines) is 1. The highest BCUT2D eigenvalue weighted by molar-refractivity contribution is 6.02. The number of para-hydroxylation sites is 1. The van der Waals surface area contributed by atoms with Crippen LogP contribution in [0, 0.1) is 0 Å². The molecule has 1 fully saturated rings. The van der Waals surface area contributed by atoms with Crippen LogP contribution in [-0.4, -0.2) is 43.1 Å². The molecule has 1 saturated heterocycles. The van der Waals surface area contributed by atoms with Crippen molar-refractivity contribution >= 4 is 5.78 Å². The summed E-state index contributed by atoms with van der Waals surface area (Å²) in [4.78, 5) is 13.5. The Morgan fingerprint density at radius 2 is 1.85 bits per heavy atom. The molecule has 1 aliphatic heterocycles. The van der Waals surface area contributed by atoms with Crippen molar-refractivity contribution in [3.05, 3.63) is 29.8 Å². The van der Waals surface area contributed by atoms with E-state index in [9.17, 15) is 18.0 Å². The molecular weight excluding hydrogens is 271 g/mol. The van der Waals surface area contributed by atoms with Gasteiger partial charge in [0.25, 0.3) is 5.78 Å². The van der Waals surface area contributed by atoms with Crippen LogP contribution < -0.4 is 4.74 Å². The summed E-state index contributed by atoms with van der Waals surface area (Å²) in [5.41, 5.74) is -0.418. The van der Waals surface area contributed by atoms with Crippen molar-refractivity contribution in [3.8, 4) is 5.75 Å². The van der Waals surface area contributed by atoms with E-state index >= 15 is 0 Å². The van der Waals surface area contributed by atoms with E-state index in [1.807, 2.05) is 7.05 Å². The number of hydrogen-bond acceptors (Lipinski definition) is 3. The fourth-order valence-electron chi connectivity index (χ4n) is 2.19. The summed E-state index contributed by atoms with van der Waals surface area (Å²) in [5, 5.41) is 0. The van der Waals surface area contributed by atoms with Crippen molar-refractivity contribution in [2.24, 2.45) is 0 Å². The molecule has 0 spiro atoms. The van der Waals surface area contributed by atoms with Crippen LogP contribution in [0.1, 0.15) is 23.2 Å². The Kier molecular flexibility index (Phi) is 4.32. The highest BCUT2D eigenvalue weighted by atomic mass is 19.4. The second-order valence-electron chi connectivity index (χ2n) is 4.94. The lowest BCUT2D eigenvalue weighted by Crippen LogP contribution is -2.36. The topological polar surface area (TPSA) is 29.5 Å². The number of piperidine rings is 1. The van der Waals surface area contributed by atoms with Crippen LogP contribution in [0.15, 0.2) is 24.3 Å². The summed E-state index contributed by atoms with van der Waals surface area (Å²) < 4.78 is 43.2. The van der Waals surface area contributed by atoms with Gasteiger partial charge in [-0.15, -0.1) is 0 Å². The minimum Gasteiger partial charge on any atom is -0.490 e.